The van der Waals surface area contributed by atoms with E-state index >= 15 is 0 Å². The molecule has 0 radical (unpaired) electrons. The van der Waals surface area contributed by atoms with Crippen LogP contribution in [0.2, 0.25) is 0 Å². The van der Waals surface area contributed by atoms with Gasteiger partial charge in [0.1, 0.15) is 10.6 Å². The molecule has 0 bridgehead atoms. The van der Waals surface area contributed by atoms with Gasteiger partial charge in [0.15, 0.2) is 5.11 Å². The molecule has 0 aromatic heterocycles. The highest BCUT2D eigenvalue weighted by Gasteiger charge is 2.20. The minimum atomic E-state index is -3.81. The summed E-state index contributed by atoms with van der Waals surface area (Å²) in [4.78, 5) is 0.0655. The topological polar surface area (TPSA) is 79.5 Å². The molecule has 3 N–H and O–H groups in total. The maximum atomic E-state index is 12.8. The molecule has 144 valence electrons. The van der Waals surface area contributed by atoms with Crippen molar-refractivity contribution in [3.05, 3.63) is 59.6 Å². The molecule has 0 spiro atoms. The zero-order valence-electron chi connectivity index (χ0n) is 14.7. The first kappa shape index (κ1) is 21.2. The zero-order valence-corrected chi connectivity index (χ0v) is 17.9. The lowest BCUT2D eigenvalue weighted by Crippen LogP contribution is -2.28. The second-order valence-corrected chi connectivity index (χ2v) is 8.31. The lowest BCUT2D eigenvalue weighted by atomic mass is 10.3. The predicted octanol–water partition coefficient (Wildman–Crippen LogP) is 4.12. The number of anilines is 2. The summed E-state index contributed by atoms with van der Waals surface area (Å²) in [5.74, 6) is 0.296. The molecule has 2 aromatic carbocycles. The Balaban J connectivity index is 2.15. The van der Waals surface area contributed by atoms with Gasteiger partial charge < -0.3 is 15.4 Å². The van der Waals surface area contributed by atoms with Crippen molar-refractivity contribution in [2.75, 3.05) is 23.2 Å². The van der Waals surface area contributed by atoms with E-state index in [0.717, 1.165) is 5.69 Å². The summed E-state index contributed by atoms with van der Waals surface area (Å²) >= 11 is 8.43. The number of sulfonamides is 1. The number of halogens is 1. The Morgan fingerprint density at radius 1 is 1.22 bits per heavy atom. The molecule has 0 amide bonds. The molecular formula is C18H20BrN3O3S2. The standard InChI is InChI=1S/C18H20BrN3O3S2/c1-3-11-20-18(26)21-14-6-8-15(9-7-14)22-27(23,24)17-12-13(19)5-10-16(17)25-4-2/h3,5-10,12,22H,1,4,11H2,2H3,(H2,20,21,26). The summed E-state index contributed by atoms with van der Waals surface area (Å²) in [6.07, 6.45) is 1.70. The van der Waals surface area contributed by atoms with Gasteiger partial charge in [-0.2, -0.15) is 0 Å². The molecule has 0 aliphatic rings. The maximum absolute atomic E-state index is 12.8. The molecule has 0 fully saturated rings. The number of rotatable bonds is 8. The van der Waals surface area contributed by atoms with Gasteiger partial charge in [-0.15, -0.1) is 6.58 Å². The van der Waals surface area contributed by atoms with Crippen molar-refractivity contribution in [1.29, 1.82) is 0 Å². The summed E-state index contributed by atoms with van der Waals surface area (Å²) in [6.45, 7) is 6.32. The van der Waals surface area contributed by atoms with Crippen LogP contribution >= 0.6 is 28.1 Å². The molecule has 0 heterocycles. The number of nitrogens with one attached hydrogen (secondary N) is 3. The molecule has 0 aliphatic carbocycles. The van der Waals surface area contributed by atoms with E-state index in [1.807, 2.05) is 0 Å². The molecule has 27 heavy (non-hydrogen) atoms. The van der Waals surface area contributed by atoms with E-state index in [4.69, 9.17) is 17.0 Å². The highest BCUT2D eigenvalue weighted by molar-refractivity contribution is 9.10. The van der Waals surface area contributed by atoms with Crippen LogP contribution in [-0.4, -0.2) is 26.7 Å². The third-order valence-corrected chi connectivity index (χ3v) is 5.44. The van der Waals surface area contributed by atoms with Crippen LogP contribution in [0, 0.1) is 0 Å². The summed E-state index contributed by atoms with van der Waals surface area (Å²) in [5.41, 5.74) is 1.16. The van der Waals surface area contributed by atoms with Crippen molar-refractivity contribution >= 4 is 54.7 Å². The van der Waals surface area contributed by atoms with E-state index in [9.17, 15) is 8.42 Å². The van der Waals surface area contributed by atoms with Gasteiger partial charge in [-0.05, 0) is 61.6 Å². The van der Waals surface area contributed by atoms with Crippen LogP contribution < -0.4 is 20.1 Å². The van der Waals surface area contributed by atoms with Crippen molar-refractivity contribution in [1.82, 2.24) is 5.32 Å². The van der Waals surface area contributed by atoms with Crippen LogP contribution in [0.15, 0.2) is 64.5 Å². The molecule has 2 aromatic rings. The van der Waals surface area contributed by atoms with Gasteiger partial charge in [0.05, 0.1) is 6.61 Å². The third kappa shape index (κ3) is 6.23. The Bertz CT molecular complexity index is 916. The molecule has 0 saturated carbocycles. The van der Waals surface area contributed by atoms with Gasteiger partial charge in [0.2, 0.25) is 0 Å². The average molecular weight is 470 g/mol. The van der Waals surface area contributed by atoms with Crippen molar-refractivity contribution in [2.45, 2.75) is 11.8 Å². The molecule has 2 rings (SSSR count). The van der Waals surface area contributed by atoms with Crippen LogP contribution in [0.4, 0.5) is 11.4 Å². The third-order valence-electron chi connectivity index (χ3n) is 3.30. The Kier molecular flexibility index (Phi) is 7.64. The first-order chi connectivity index (χ1) is 12.9. The van der Waals surface area contributed by atoms with Gasteiger partial charge in [-0.3, -0.25) is 4.72 Å². The fraction of sp³-hybridized carbons (Fsp3) is 0.167. The predicted molar refractivity (Wildman–Crippen MR) is 117 cm³/mol. The number of hydrogen-bond donors (Lipinski definition) is 3. The largest absolute Gasteiger partial charge is 0.492 e. The average Bonchev–Trinajstić information content (AvgIpc) is 2.63. The molecule has 0 unspecified atom stereocenters. The van der Waals surface area contributed by atoms with Gasteiger partial charge >= 0.3 is 0 Å². The zero-order chi connectivity index (χ0) is 19.9. The lowest BCUT2D eigenvalue weighted by Gasteiger charge is -2.14. The molecule has 0 atom stereocenters. The molecule has 0 saturated heterocycles. The quantitative estimate of drug-likeness (QED) is 0.398. The van der Waals surface area contributed by atoms with Gasteiger partial charge in [-0.25, -0.2) is 8.42 Å². The molecular weight excluding hydrogens is 450 g/mol. The van der Waals surface area contributed by atoms with E-state index in [-0.39, 0.29) is 4.90 Å². The second kappa shape index (κ2) is 9.72. The van der Waals surface area contributed by atoms with Crippen molar-refractivity contribution in [2.24, 2.45) is 0 Å². The normalized spacial score (nSPS) is 10.7. The fourth-order valence-electron chi connectivity index (χ4n) is 2.14. The summed E-state index contributed by atoms with van der Waals surface area (Å²) in [5, 5.41) is 6.41. The van der Waals surface area contributed by atoms with Crippen molar-refractivity contribution in [3.63, 3.8) is 0 Å². The van der Waals surface area contributed by atoms with Crippen molar-refractivity contribution in [3.8, 4) is 5.75 Å². The van der Waals surface area contributed by atoms with Gasteiger partial charge in [0, 0.05) is 22.4 Å². The lowest BCUT2D eigenvalue weighted by molar-refractivity contribution is 0.331. The number of thiocarbonyl (C=S) groups is 1. The Morgan fingerprint density at radius 2 is 1.89 bits per heavy atom. The van der Waals surface area contributed by atoms with Crippen LogP contribution in [0.3, 0.4) is 0 Å². The van der Waals surface area contributed by atoms with Crippen LogP contribution in [0.25, 0.3) is 0 Å². The monoisotopic (exact) mass is 469 g/mol. The van der Waals surface area contributed by atoms with E-state index < -0.39 is 10.0 Å². The Morgan fingerprint density at radius 3 is 2.52 bits per heavy atom. The number of ether oxygens (including phenoxy) is 1. The number of benzene rings is 2. The minimum absolute atomic E-state index is 0.0655. The Labute approximate surface area is 173 Å². The Hall–Kier alpha value is -2.10. The molecule has 6 nitrogen and oxygen atoms in total. The second-order valence-electron chi connectivity index (χ2n) is 5.33. The van der Waals surface area contributed by atoms with Gasteiger partial charge in [-0.1, -0.05) is 22.0 Å². The van der Waals surface area contributed by atoms with Crippen LogP contribution in [0.5, 0.6) is 5.75 Å². The summed E-state index contributed by atoms with van der Waals surface area (Å²) < 4.78 is 34.2. The molecule has 0 aliphatic heterocycles. The van der Waals surface area contributed by atoms with E-state index in [2.05, 4.69) is 37.9 Å². The highest BCUT2D eigenvalue weighted by atomic mass is 79.9. The summed E-state index contributed by atoms with van der Waals surface area (Å²) in [6, 6.07) is 11.6. The fourth-order valence-corrected chi connectivity index (χ4v) is 4.08. The van der Waals surface area contributed by atoms with Gasteiger partial charge in [0.25, 0.3) is 10.0 Å². The summed E-state index contributed by atoms with van der Waals surface area (Å²) in [7, 11) is -3.81. The first-order valence-corrected chi connectivity index (χ1v) is 10.7. The van der Waals surface area contributed by atoms with Crippen molar-refractivity contribution < 1.29 is 13.2 Å². The number of hydrogen-bond acceptors (Lipinski definition) is 4. The highest BCUT2D eigenvalue weighted by Crippen LogP contribution is 2.29. The first-order valence-electron chi connectivity index (χ1n) is 8.06. The van der Waals surface area contributed by atoms with E-state index in [1.54, 1.807) is 49.4 Å². The molecule has 9 heteroatoms. The smallest absolute Gasteiger partial charge is 0.265 e. The van der Waals surface area contributed by atoms with E-state index in [0.29, 0.717) is 34.2 Å². The van der Waals surface area contributed by atoms with Crippen LogP contribution in [-0.2, 0) is 10.0 Å². The van der Waals surface area contributed by atoms with Crippen LogP contribution in [0.1, 0.15) is 6.92 Å². The SMILES string of the molecule is C=CCNC(=S)Nc1ccc(NS(=O)(=O)c2cc(Br)ccc2OCC)cc1. The minimum Gasteiger partial charge on any atom is -0.492 e. The maximum Gasteiger partial charge on any atom is 0.265 e. The van der Waals surface area contributed by atoms with E-state index in [1.165, 1.54) is 6.07 Å².